The second kappa shape index (κ2) is 10.7. The summed E-state index contributed by atoms with van der Waals surface area (Å²) in [6.07, 6.45) is 14.8. The van der Waals surface area contributed by atoms with Crippen molar-refractivity contribution in [3.63, 3.8) is 0 Å². The Morgan fingerprint density at radius 3 is 1.78 bits per heavy atom. The average molecular weight is 274 g/mol. The number of halogens is 1. The molecule has 1 fully saturated rings. The first-order valence-electron chi connectivity index (χ1n) is 7.68. The highest BCUT2D eigenvalue weighted by molar-refractivity contribution is 6.18. The first-order chi connectivity index (χ1) is 8.83. The number of amides is 1. The molecule has 0 radical (unpaired) electrons. The van der Waals surface area contributed by atoms with E-state index in [2.05, 4.69) is 5.32 Å². The highest BCUT2D eigenvalue weighted by Crippen LogP contribution is 2.17. The Kier molecular flexibility index (Phi) is 9.37. The maximum Gasteiger partial charge on any atom is 0.221 e. The summed E-state index contributed by atoms with van der Waals surface area (Å²) in [4.78, 5) is 11.6. The molecule has 0 saturated heterocycles. The van der Waals surface area contributed by atoms with Gasteiger partial charge in [0.1, 0.15) is 0 Å². The number of rotatable bonds is 3. The fourth-order valence-electron chi connectivity index (χ4n) is 2.69. The first kappa shape index (κ1) is 15.8. The van der Waals surface area contributed by atoms with Crippen LogP contribution in [-0.4, -0.2) is 17.8 Å². The topological polar surface area (TPSA) is 29.1 Å². The van der Waals surface area contributed by atoms with Crippen LogP contribution in [0.15, 0.2) is 0 Å². The van der Waals surface area contributed by atoms with Gasteiger partial charge in [-0.2, -0.15) is 0 Å². The van der Waals surface area contributed by atoms with Crippen molar-refractivity contribution < 1.29 is 4.79 Å². The van der Waals surface area contributed by atoms with E-state index < -0.39 is 0 Å². The summed E-state index contributed by atoms with van der Waals surface area (Å²) in [6, 6.07) is 0.389. The van der Waals surface area contributed by atoms with E-state index in [1.54, 1.807) is 0 Å². The van der Waals surface area contributed by atoms with Crippen LogP contribution in [0.4, 0.5) is 0 Å². The van der Waals surface area contributed by atoms with Crippen molar-refractivity contribution in [1.29, 1.82) is 0 Å². The monoisotopic (exact) mass is 273 g/mol. The van der Waals surface area contributed by atoms with Gasteiger partial charge < -0.3 is 5.32 Å². The highest BCUT2D eigenvalue weighted by atomic mass is 35.5. The minimum atomic E-state index is 0.127. The van der Waals surface area contributed by atoms with Crippen molar-refractivity contribution in [2.24, 2.45) is 0 Å². The maximum absolute atomic E-state index is 11.6. The molecule has 1 N–H and O–H groups in total. The lowest BCUT2D eigenvalue weighted by molar-refractivity contribution is -0.121. The first-order valence-corrected chi connectivity index (χ1v) is 8.21. The fourth-order valence-corrected chi connectivity index (χ4v) is 2.86. The molecule has 106 valence electrons. The second-order valence-corrected chi connectivity index (χ2v) is 5.84. The summed E-state index contributed by atoms with van der Waals surface area (Å²) >= 11 is 5.60. The molecule has 0 atom stereocenters. The van der Waals surface area contributed by atoms with Gasteiger partial charge in [-0.3, -0.25) is 4.79 Å². The lowest BCUT2D eigenvalue weighted by atomic mass is 9.98. The van der Waals surface area contributed by atoms with Gasteiger partial charge in [-0.05, 0) is 12.8 Å². The summed E-state index contributed by atoms with van der Waals surface area (Å²) < 4.78 is 0. The van der Waals surface area contributed by atoms with E-state index in [9.17, 15) is 4.79 Å². The zero-order chi connectivity index (χ0) is 13.1. The van der Waals surface area contributed by atoms with Crippen LogP contribution in [-0.2, 0) is 4.79 Å². The largest absolute Gasteiger partial charge is 0.353 e. The van der Waals surface area contributed by atoms with Crippen LogP contribution in [0.5, 0.6) is 0 Å². The van der Waals surface area contributed by atoms with Gasteiger partial charge in [-0.25, -0.2) is 0 Å². The molecule has 0 unspecified atom stereocenters. The molecular formula is C15H28ClNO. The van der Waals surface area contributed by atoms with Crippen molar-refractivity contribution in [3.05, 3.63) is 0 Å². The molecule has 1 saturated carbocycles. The van der Waals surface area contributed by atoms with Gasteiger partial charge >= 0.3 is 0 Å². The van der Waals surface area contributed by atoms with Gasteiger partial charge in [-0.1, -0.05) is 57.8 Å². The van der Waals surface area contributed by atoms with E-state index in [1.807, 2.05) is 0 Å². The Bertz CT molecular complexity index is 209. The summed E-state index contributed by atoms with van der Waals surface area (Å²) in [7, 11) is 0. The standard InChI is InChI=1S/C15H28ClNO/c16-13-12-15(18)17-14-10-8-6-4-2-1-3-5-7-9-11-14/h14H,1-13H2,(H,17,18). The SMILES string of the molecule is O=C(CCCl)NC1CCCCCCCCCCC1. The predicted molar refractivity (Wildman–Crippen MR) is 78.1 cm³/mol. The molecule has 0 aromatic rings. The van der Waals surface area contributed by atoms with E-state index in [0.29, 0.717) is 18.3 Å². The van der Waals surface area contributed by atoms with E-state index in [-0.39, 0.29) is 5.91 Å². The lowest BCUT2D eigenvalue weighted by Gasteiger charge is -2.19. The molecule has 0 aliphatic heterocycles. The predicted octanol–water partition coefficient (Wildman–Crippen LogP) is 4.40. The summed E-state index contributed by atoms with van der Waals surface area (Å²) in [5.41, 5.74) is 0. The van der Waals surface area contributed by atoms with Gasteiger partial charge in [0.25, 0.3) is 0 Å². The number of carbonyl (C=O) groups is 1. The number of alkyl halides is 1. The zero-order valence-corrected chi connectivity index (χ0v) is 12.3. The molecule has 3 heteroatoms. The molecule has 0 aromatic heterocycles. The number of hydrogen-bond donors (Lipinski definition) is 1. The second-order valence-electron chi connectivity index (χ2n) is 5.46. The molecule has 0 aromatic carbocycles. The van der Waals surface area contributed by atoms with E-state index in [4.69, 9.17) is 11.6 Å². The summed E-state index contributed by atoms with van der Waals surface area (Å²) in [6.45, 7) is 0. The quantitative estimate of drug-likeness (QED) is 0.759. The van der Waals surface area contributed by atoms with Crippen LogP contribution in [0.25, 0.3) is 0 Å². The van der Waals surface area contributed by atoms with E-state index >= 15 is 0 Å². The van der Waals surface area contributed by atoms with Crippen LogP contribution in [0.2, 0.25) is 0 Å². The molecule has 1 aliphatic carbocycles. The van der Waals surface area contributed by atoms with Crippen molar-refractivity contribution in [1.82, 2.24) is 5.32 Å². The normalized spacial score (nSPS) is 20.7. The van der Waals surface area contributed by atoms with Crippen molar-refractivity contribution in [2.45, 2.75) is 83.1 Å². The zero-order valence-electron chi connectivity index (χ0n) is 11.6. The number of carbonyl (C=O) groups excluding carboxylic acids is 1. The molecule has 1 amide bonds. The van der Waals surface area contributed by atoms with Gasteiger partial charge in [0.15, 0.2) is 0 Å². The van der Waals surface area contributed by atoms with Gasteiger partial charge in [0.2, 0.25) is 5.91 Å². The number of nitrogens with one attached hydrogen (secondary N) is 1. The fraction of sp³-hybridized carbons (Fsp3) is 0.933. The summed E-state index contributed by atoms with van der Waals surface area (Å²) in [5, 5.41) is 3.15. The molecular weight excluding hydrogens is 246 g/mol. The van der Waals surface area contributed by atoms with Gasteiger partial charge in [-0.15, -0.1) is 11.6 Å². The third kappa shape index (κ3) is 7.97. The third-order valence-electron chi connectivity index (χ3n) is 3.79. The van der Waals surface area contributed by atoms with Crippen LogP contribution in [0.1, 0.15) is 77.0 Å². The van der Waals surface area contributed by atoms with Crippen molar-refractivity contribution in [3.8, 4) is 0 Å². The van der Waals surface area contributed by atoms with Crippen LogP contribution in [0, 0.1) is 0 Å². The Balaban J connectivity index is 2.29. The van der Waals surface area contributed by atoms with Crippen molar-refractivity contribution in [2.75, 3.05) is 5.88 Å². The maximum atomic E-state index is 11.6. The Hall–Kier alpha value is -0.240. The third-order valence-corrected chi connectivity index (χ3v) is 3.98. The molecule has 0 spiro atoms. The molecule has 2 nitrogen and oxygen atoms in total. The van der Waals surface area contributed by atoms with Crippen LogP contribution < -0.4 is 5.32 Å². The van der Waals surface area contributed by atoms with Gasteiger partial charge in [0.05, 0.1) is 0 Å². The van der Waals surface area contributed by atoms with Crippen molar-refractivity contribution >= 4 is 17.5 Å². The highest BCUT2D eigenvalue weighted by Gasteiger charge is 2.12. The van der Waals surface area contributed by atoms with E-state index in [0.717, 1.165) is 12.8 Å². The molecule has 0 heterocycles. The number of hydrogen-bond acceptors (Lipinski definition) is 1. The summed E-state index contributed by atoms with van der Waals surface area (Å²) in [5.74, 6) is 0.556. The smallest absolute Gasteiger partial charge is 0.221 e. The van der Waals surface area contributed by atoms with Gasteiger partial charge in [0, 0.05) is 18.3 Å². The van der Waals surface area contributed by atoms with Crippen LogP contribution in [0.3, 0.4) is 0 Å². The van der Waals surface area contributed by atoms with Crippen LogP contribution >= 0.6 is 11.6 Å². The molecule has 0 bridgehead atoms. The minimum absolute atomic E-state index is 0.127. The Morgan fingerprint density at radius 1 is 0.889 bits per heavy atom. The lowest BCUT2D eigenvalue weighted by Crippen LogP contribution is -2.35. The molecule has 18 heavy (non-hydrogen) atoms. The molecule has 1 aliphatic rings. The Labute approximate surface area is 117 Å². The van der Waals surface area contributed by atoms with E-state index in [1.165, 1.54) is 57.8 Å². The molecule has 1 rings (SSSR count). The average Bonchev–Trinajstić information content (AvgIpc) is 2.33. The Morgan fingerprint density at radius 2 is 1.33 bits per heavy atom. The minimum Gasteiger partial charge on any atom is -0.353 e.